The number of carbonyl (C=O) groups excluding carboxylic acids is 2. The third-order valence-electron chi connectivity index (χ3n) is 4.74. The standard InChI is InChI=1S/C26H22N4O2S/c1-2-3-15-33-17-24(31)27-21-13-14-22-23(16-21)30-25(29-22)18-9-11-20(12-10-18)28-26(32)19-7-5-4-6-8-19/h2-16H,1,17H2,(H,27,31)(H,28,32)(H,29,30)/b15-3-. The van der Waals surface area contributed by atoms with Crippen LogP contribution in [-0.2, 0) is 4.79 Å². The van der Waals surface area contributed by atoms with E-state index in [4.69, 9.17) is 0 Å². The predicted octanol–water partition coefficient (Wildman–Crippen LogP) is 5.85. The van der Waals surface area contributed by atoms with Crippen LogP contribution < -0.4 is 10.6 Å². The van der Waals surface area contributed by atoms with Crippen LogP contribution in [0.25, 0.3) is 22.4 Å². The highest BCUT2D eigenvalue weighted by Gasteiger charge is 2.09. The second kappa shape index (κ2) is 10.5. The Morgan fingerprint density at radius 1 is 0.970 bits per heavy atom. The number of nitrogens with zero attached hydrogens (tertiary/aromatic N) is 1. The van der Waals surface area contributed by atoms with Crippen molar-refractivity contribution in [1.82, 2.24) is 9.97 Å². The third-order valence-corrected chi connectivity index (χ3v) is 5.52. The Kier molecular flexibility index (Phi) is 7.02. The van der Waals surface area contributed by atoms with Crippen molar-refractivity contribution in [3.05, 3.63) is 102 Å². The van der Waals surface area contributed by atoms with Crippen molar-refractivity contribution in [2.24, 2.45) is 0 Å². The molecule has 0 aliphatic rings. The van der Waals surface area contributed by atoms with Crippen LogP contribution in [0.4, 0.5) is 11.4 Å². The van der Waals surface area contributed by atoms with Crippen LogP contribution in [0.5, 0.6) is 0 Å². The molecular weight excluding hydrogens is 432 g/mol. The van der Waals surface area contributed by atoms with Crippen molar-refractivity contribution in [2.75, 3.05) is 16.4 Å². The molecule has 1 heterocycles. The van der Waals surface area contributed by atoms with Gasteiger partial charge >= 0.3 is 0 Å². The molecule has 0 atom stereocenters. The minimum atomic E-state index is -0.156. The molecule has 0 spiro atoms. The van der Waals surface area contributed by atoms with Crippen LogP contribution in [0.1, 0.15) is 10.4 Å². The molecule has 33 heavy (non-hydrogen) atoms. The van der Waals surface area contributed by atoms with Crippen molar-refractivity contribution in [3.8, 4) is 11.4 Å². The zero-order valence-corrected chi connectivity index (χ0v) is 18.6. The van der Waals surface area contributed by atoms with Gasteiger partial charge in [0.25, 0.3) is 5.91 Å². The first kappa shape index (κ1) is 22.1. The summed E-state index contributed by atoms with van der Waals surface area (Å²) in [6, 6.07) is 22.1. The predicted molar refractivity (Wildman–Crippen MR) is 136 cm³/mol. The molecular formula is C26H22N4O2S. The fourth-order valence-electron chi connectivity index (χ4n) is 3.16. The van der Waals surface area contributed by atoms with Crippen molar-refractivity contribution in [1.29, 1.82) is 0 Å². The molecule has 0 aliphatic heterocycles. The van der Waals surface area contributed by atoms with Crippen LogP contribution in [0, 0.1) is 0 Å². The van der Waals surface area contributed by atoms with Crippen LogP contribution in [0.2, 0.25) is 0 Å². The fraction of sp³-hybridized carbons (Fsp3) is 0.0385. The molecule has 3 aromatic carbocycles. The molecule has 0 unspecified atom stereocenters. The fourth-order valence-corrected chi connectivity index (χ4v) is 3.70. The number of hydrogen-bond donors (Lipinski definition) is 3. The van der Waals surface area contributed by atoms with Gasteiger partial charge in [-0.25, -0.2) is 4.98 Å². The molecule has 2 amide bonds. The van der Waals surface area contributed by atoms with Crippen LogP contribution >= 0.6 is 11.8 Å². The van der Waals surface area contributed by atoms with E-state index in [2.05, 4.69) is 27.2 Å². The van der Waals surface area contributed by atoms with Crippen molar-refractivity contribution < 1.29 is 9.59 Å². The smallest absolute Gasteiger partial charge is 0.255 e. The highest BCUT2D eigenvalue weighted by atomic mass is 32.2. The quantitative estimate of drug-likeness (QED) is 0.291. The molecule has 0 bridgehead atoms. The summed E-state index contributed by atoms with van der Waals surface area (Å²) in [6.45, 7) is 3.60. The number of allylic oxidation sites excluding steroid dienone is 2. The van der Waals surface area contributed by atoms with Gasteiger partial charge in [-0.1, -0.05) is 36.9 Å². The number of nitrogens with one attached hydrogen (secondary N) is 3. The average Bonchev–Trinajstić information content (AvgIpc) is 3.26. The number of rotatable bonds is 8. The summed E-state index contributed by atoms with van der Waals surface area (Å²) in [4.78, 5) is 32.3. The number of carbonyl (C=O) groups is 2. The van der Waals surface area contributed by atoms with Gasteiger partial charge in [-0.2, -0.15) is 0 Å². The summed E-state index contributed by atoms with van der Waals surface area (Å²) in [5.41, 5.74) is 4.52. The Morgan fingerprint density at radius 3 is 2.48 bits per heavy atom. The van der Waals surface area contributed by atoms with E-state index < -0.39 is 0 Å². The van der Waals surface area contributed by atoms with Crippen LogP contribution in [0.15, 0.2) is 96.9 Å². The summed E-state index contributed by atoms with van der Waals surface area (Å²) in [5, 5.41) is 7.61. The molecule has 7 heteroatoms. The van der Waals surface area contributed by atoms with Crippen molar-refractivity contribution in [2.45, 2.75) is 0 Å². The van der Waals surface area contributed by atoms with Gasteiger partial charge in [-0.05, 0) is 60.0 Å². The minimum Gasteiger partial charge on any atom is -0.338 e. The van der Waals surface area contributed by atoms with E-state index in [1.165, 1.54) is 11.8 Å². The number of imidazole rings is 1. The summed E-state index contributed by atoms with van der Waals surface area (Å²) >= 11 is 1.40. The number of aromatic nitrogens is 2. The van der Waals surface area contributed by atoms with E-state index in [-0.39, 0.29) is 11.8 Å². The van der Waals surface area contributed by atoms with Gasteiger partial charge in [0.2, 0.25) is 5.91 Å². The minimum absolute atomic E-state index is 0.0825. The summed E-state index contributed by atoms with van der Waals surface area (Å²) in [7, 11) is 0. The summed E-state index contributed by atoms with van der Waals surface area (Å²) in [6.07, 6.45) is 3.46. The number of H-pyrrole nitrogens is 1. The number of thioether (sulfide) groups is 1. The average molecular weight is 455 g/mol. The molecule has 0 saturated carbocycles. The van der Waals surface area contributed by atoms with Gasteiger partial charge in [0.15, 0.2) is 0 Å². The number of benzene rings is 3. The zero-order valence-electron chi connectivity index (χ0n) is 17.7. The van der Waals surface area contributed by atoms with Gasteiger partial charge in [0.05, 0.1) is 16.8 Å². The molecule has 4 rings (SSSR count). The molecule has 0 aliphatic carbocycles. The Morgan fingerprint density at radius 2 is 1.73 bits per heavy atom. The first-order valence-electron chi connectivity index (χ1n) is 10.3. The number of amides is 2. The molecule has 1 aromatic heterocycles. The molecule has 6 nitrogen and oxygen atoms in total. The number of hydrogen-bond acceptors (Lipinski definition) is 4. The van der Waals surface area contributed by atoms with Gasteiger partial charge in [-0.3, -0.25) is 9.59 Å². The number of aromatic amines is 1. The lowest BCUT2D eigenvalue weighted by molar-refractivity contribution is -0.113. The lowest BCUT2D eigenvalue weighted by Crippen LogP contribution is -2.13. The van der Waals surface area contributed by atoms with E-state index in [0.29, 0.717) is 28.5 Å². The molecule has 164 valence electrons. The zero-order chi connectivity index (χ0) is 23.0. The van der Waals surface area contributed by atoms with E-state index >= 15 is 0 Å². The van der Waals surface area contributed by atoms with Crippen LogP contribution in [-0.4, -0.2) is 27.5 Å². The van der Waals surface area contributed by atoms with E-state index in [0.717, 1.165) is 16.6 Å². The lowest BCUT2D eigenvalue weighted by atomic mass is 10.1. The number of anilines is 2. The van der Waals surface area contributed by atoms with E-state index in [1.807, 2.05) is 66.1 Å². The maximum absolute atomic E-state index is 12.3. The highest BCUT2D eigenvalue weighted by molar-refractivity contribution is 8.02. The Hall–Kier alpha value is -4.10. The highest BCUT2D eigenvalue weighted by Crippen LogP contribution is 2.24. The first-order valence-corrected chi connectivity index (χ1v) is 11.3. The van der Waals surface area contributed by atoms with Gasteiger partial charge in [0, 0.05) is 22.5 Å². The first-order chi connectivity index (χ1) is 16.1. The third kappa shape index (κ3) is 5.78. The SMILES string of the molecule is C=C/C=C\SCC(=O)Nc1ccc2nc(-c3ccc(NC(=O)c4ccccc4)cc3)[nH]c2c1. The normalized spacial score (nSPS) is 10.9. The largest absolute Gasteiger partial charge is 0.338 e. The van der Waals surface area contributed by atoms with E-state index in [1.54, 1.807) is 24.3 Å². The summed E-state index contributed by atoms with van der Waals surface area (Å²) < 4.78 is 0. The van der Waals surface area contributed by atoms with Crippen molar-refractivity contribution in [3.63, 3.8) is 0 Å². The molecule has 0 radical (unpaired) electrons. The van der Waals surface area contributed by atoms with Gasteiger partial charge < -0.3 is 15.6 Å². The van der Waals surface area contributed by atoms with Crippen LogP contribution in [0.3, 0.4) is 0 Å². The monoisotopic (exact) mass is 454 g/mol. The lowest BCUT2D eigenvalue weighted by Gasteiger charge is -2.06. The second-order valence-corrected chi connectivity index (χ2v) is 8.03. The molecule has 3 N–H and O–H groups in total. The molecule has 0 fully saturated rings. The molecule has 4 aromatic rings. The topological polar surface area (TPSA) is 86.9 Å². The van der Waals surface area contributed by atoms with Gasteiger partial charge in [-0.15, -0.1) is 11.8 Å². The summed E-state index contributed by atoms with van der Waals surface area (Å²) in [5.74, 6) is 0.793. The Labute approximate surface area is 195 Å². The van der Waals surface area contributed by atoms with E-state index in [9.17, 15) is 9.59 Å². The van der Waals surface area contributed by atoms with Crippen molar-refractivity contribution >= 4 is 46.0 Å². The maximum atomic E-state index is 12.3. The Balaban J connectivity index is 1.43. The van der Waals surface area contributed by atoms with Gasteiger partial charge in [0.1, 0.15) is 5.82 Å². The second-order valence-electron chi connectivity index (χ2n) is 7.14. The number of fused-ring (bicyclic) bond motifs is 1. The Bertz CT molecular complexity index is 1310. The molecule has 0 saturated heterocycles. The maximum Gasteiger partial charge on any atom is 0.255 e.